The summed E-state index contributed by atoms with van der Waals surface area (Å²) in [4.78, 5) is 10.0. The van der Waals surface area contributed by atoms with Crippen molar-refractivity contribution in [3.8, 4) is 0 Å². The minimum Gasteiger partial charge on any atom is -0.480 e. The molecule has 12 heavy (non-hydrogen) atoms. The lowest BCUT2D eigenvalue weighted by Gasteiger charge is -2.06. The van der Waals surface area contributed by atoms with Crippen molar-refractivity contribution in [2.24, 2.45) is 5.73 Å². The molecule has 0 amide bonds. The zero-order valence-corrected chi connectivity index (χ0v) is 7.98. The fraction of sp³-hybridized carbons (Fsp3) is 0.600. The predicted molar refractivity (Wildman–Crippen MR) is 47.7 cm³/mol. The molecule has 5 nitrogen and oxygen atoms in total. The van der Waals surface area contributed by atoms with Crippen LogP contribution in [0.3, 0.4) is 0 Å². The summed E-state index contributed by atoms with van der Waals surface area (Å²) in [5.74, 6) is -1.96. The van der Waals surface area contributed by atoms with Crippen LogP contribution in [0.4, 0.5) is 0 Å². The van der Waals surface area contributed by atoms with Crippen LogP contribution in [0, 0.1) is 0 Å². The van der Waals surface area contributed by atoms with E-state index in [0.717, 1.165) is 6.92 Å². The molecule has 0 radical (unpaired) electrons. The predicted octanol–water partition coefficient (Wildman–Crippen LogP) is -0.840. The highest BCUT2D eigenvalue weighted by atomic mass is 32.2. The Balaban J connectivity index is 4.63. The molecular weight excluding hydrogens is 202 g/mol. The van der Waals surface area contributed by atoms with E-state index in [4.69, 9.17) is 10.8 Å². The molecule has 0 aromatic rings. The normalized spacial score (nSPS) is 13.8. The van der Waals surface area contributed by atoms with Gasteiger partial charge in [0.05, 0.1) is 4.99 Å². The number of aliphatic carboxylic acids is 1. The van der Waals surface area contributed by atoms with Crippen LogP contribution in [0.1, 0.15) is 6.92 Å². The molecule has 0 aliphatic rings. The van der Waals surface area contributed by atoms with E-state index in [2.05, 4.69) is 12.2 Å². The zero-order chi connectivity index (χ0) is 9.94. The molecule has 0 aliphatic heterocycles. The van der Waals surface area contributed by atoms with Crippen LogP contribution in [-0.4, -0.2) is 35.5 Å². The van der Waals surface area contributed by atoms with E-state index in [1.165, 1.54) is 0 Å². The summed E-state index contributed by atoms with van der Waals surface area (Å²) in [6.07, 6.45) is 0. The Bertz CT molecular complexity index is 295. The van der Waals surface area contributed by atoms with E-state index in [1.54, 1.807) is 0 Å². The molecule has 0 saturated heterocycles. The van der Waals surface area contributed by atoms with Gasteiger partial charge < -0.3 is 10.8 Å². The van der Waals surface area contributed by atoms with Gasteiger partial charge in [-0.05, 0) is 6.92 Å². The van der Waals surface area contributed by atoms with Crippen LogP contribution in [0.25, 0.3) is 0 Å². The zero-order valence-electron chi connectivity index (χ0n) is 6.35. The summed E-state index contributed by atoms with van der Waals surface area (Å²) in [7, 11) is -3.72. The molecule has 0 rings (SSSR count). The molecule has 7 heteroatoms. The Hall–Kier alpha value is -0.690. The monoisotopic (exact) mass is 211 g/mol. The van der Waals surface area contributed by atoms with Crippen LogP contribution in [0.2, 0.25) is 0 Å². The van der Waals surface area contributed by atoms with E-state index >= 15 is 0 Å². The molecule has 0 aliphatic carbocycles. The van der Waals surface area contributed by atoms with Gasteiger partial charge in [0.15, 0.2) is 15.1 Å². The summed E-state index contributed by atoms with van der Waals surface area (Å²) in [6, 6.07) is 0. The Morgan fingerprint density at radius 1 is 1.67 bits per heavy atom. The minimum absolute atomic E-state index is 0.219. The maximum atomic E-state index is 11.0. The number of hydrogen-bond acceptors (Lipinski definition) is 4. The van der Waals surface area contributed by atoms with E-state index in [-0.39, 0.29) is 4.99 Å². The van der Waals surface area contributed by atoms with Crippen molar-refractivity contribution >= 4 is 33.0 Å². The number of thiocarbonyl (C=S) groups is 1. The second-order valence-electron chi connectivity index (χ2n) is 2.25. The van der Waals surface area contributed by atoms with Gasteiger partial charge in [0.25, 0.3) is 0 Å². The average Bonchev–Trinajstić information content (AvgIpc) is 1.82. The Kier molecular flexibility index (Phi) is 3.59. The van der Waals surface area contributed by atoms with Gasteiger partial charge in [0.1, 0.15) is 5.75 Å². The fourth-order valence-electron chi connectivity index (χ4n) is 0.477. The van der Waals surface area contributed by atoms with Crippen molar-refractivity contribution < 1.29 is 18.3 Å². The van der Waals surface area contributed by atoms with Crippen molar-refractivity contribution in [2.45, 2.75) is 12.2 Å². The number of carboxylic acid groups (broad SMARTS) is 1. The number of carbonyl (C=O) groups is 1. The lowest BCUT2D eigenvalue weighted by Crippen LogP contribution is -2.33. The van der Waals surface area contributed by atoms with Gasteiger partial charge in [-0.3, -0.25) is 4.79 Å². The number of sulfone groups is 1. The molecule has 0 fully saturated rings. The molecule has 0 spiro atoms. The third-order valence-electron chi connectivity index (χ3n) is 1.23. The Labute approximate surface area is 75.5 Å². The highest BCUT2D eigenvalue weighted by Gasteiger charge is 2.27. The summed E-state index contributed by atoms with van der Waals surface area (Å²) < 4.78 is 22.1. The molecule has 0 heterocycles. The Morgan fingerprint density at radius 3 is 2.33 bits per heavy atom. The molecule has 3 N–H and O–H groups in total. The molecule has 0 aromatic carbocycles. The van der Waals surface area contributed by atoms with Gasteiger partial charge in [0.2, 0.25) is 0 Å². The third-order valence-corrected chi connectivity index (χ3v) is 3.55. The first kappa shape index (κ1) is 11.3. The van der Waals surface area contributed by atoms with Gasteiger partial charge >= 0.3 is 5.97 Å². The van der Waals surface area contributed by atoms with Crippen molar-refractivity contribution in [2.75, 3.05) is 5.75 Å². The molecule has 0 aromatic heterocycles. The average molecular weight is 211 g/mol. The van der Waals surface area contributed by atoms with Crippen LogP contribution >= 0.6 is 12.2 Å². The summed E-state index contributed by atoms with van der Waals surface area (Å²) in [5.41, 5.74) is 4.98. The maximum absolute atomic E-state index is 11.0. The summed E-state index contributed by atoms with van der Waals surface area (Å²) in [6.45, 7) is 1.08. The molecule has 1 unspecified atom stereocenters. The van der Waals surface area contributed by atoms with Gasteiger partial charge in [-0.25, -0.2) is 8.42 Å². The second kappa shape index (κ2) is 3.81. The van der Waals surface area contributed by atoms with Gasteiger partial charge in [-0.1, -0.05) is 12.2 Å². The highest BCUT2D eigenvalue weighted by molar-refractivity contribution is 7.95. The molecular formula is C5H9NO4S2. The number of nitrogens with two attached hydrogens (primary N) is 1. The van der Waals surface area contributed by atoms with Crippen LogP contribution in [0.5, 0.6) is 0 Å². The third kappa shape index (κ3) is 3.14. The van der Waals surface area contributed by atoms with Crippen molar-refractivity contribution in [3.63, 3.8) is 0 Å². The van der Waals surface area contributed by atoms with Gasteiger partial charge in [-0.15, -0.1) is 0 Å². The molecule has 0 bridgehead atoms. The first-order chi connectivity index (χ1) is 5.27. The quantitative estimate of drug-likeness (QED) is 0.588. The van der Waals surface area contributed by atoms with E-state index in [1.807, 2.05) is 0 Å². The largest absolute Gasteiger partial charge is 0.480 e. The van der Waals surface area contributed by atoms with E-state index < -0.39 is 26.8 Å². The smallest absolute Gasteiger partial charge is 0.321 e. The SMILES string of the molecule is CC(C(=O)O)S(=O)(=O)CC(N)=S. The number of hydrogen-bond donors (Lipinski definition) is 2. The molecule has 70 valence electrons. The first-order valence-electron chi connectivity index (χ1n) is 3.00. The van der Waals surface area contributed by atoms with Crippen LogP contribution in [-0.2, 0) is 14.6 Å². The summed E-state index contributed by atoms with van der Waals surface area (Å²) in [5, 5.41) is 6.91. The van der Waals surface area contributed by atoms with Crippen LogP contribution in [0.15, 0.2) is 0 Å². The minimum atomic E-state index is -3.72. The second-order valence-corrected chi connectivity index (χ2v) is 5.10. The lowest BCUT2D eigenvalue weighted by molar-refractivity contribution is -0.136. The van der Waals surface area contributed by atoms with E-state index in [0.29, 0.717) is 0 Å². The van der Waals surface area contributed by atoms with Crippen LogP contribution < -0.4 is 5.73 Å². The van der Waals surface area contributed by atoms with Gasteiger partial charge in [-0.2, -0.15) is 0 Å². The number of rotatable bonds is 4. The van der Waals surface area contributed by atoms with Crippen molar-refractivity contribution in [1.29, 1.82) is 0 Å². The van der Waals surface area contributed by atoms with Crippen molar-refractivity contribution in [3.05, 3.63) is 0 Å². The van der Waals surface area contributed by atoms with E-state index in [9.17, 15) is 13.2 Å². The Morgan fingerprint density at radius 2 is 2.08 bits per heavy atom. The summed E-state index contributed by atoms with van der Waals surface area (Å²) >= 11 is 4.36. The number of carboxylic acids is 1. The lowest BCUT2D eigenvalue weighted by atomic mass is 10.5. The fourth-order valence-corrected chi connectivity index (χ4v) is 1.92. The molecule has 0 saturated carbocycles. The maximum Gasteiger partial charge on any atom is 0.321 e. The first-order valence-corrected chi connectivity index (χ1v) is 5.12. The highest BCUT2D eigenvalue weighted by Crippen LogP contribution is 2.01. The topological polar surface area (TPSA) is 97.5 Å². The molecule has 1 atom stereocenters. The van der Waals surface area contributed by atoms with Crippen molar-refractivity contribution in [1.82, 2.24) is 0 Å². The van der Waals surface area contributed by atoms with Gasteiger partial charge in [0, 0.05) is 0 Å². The standard InChI is InChI=1S/C5H9NO4S2/c1-3(5(7)8)12(9,10)2-4(6)11/h3H,2H2,1H3,(H2,6,11)(H,7,8).